The Labute approximate surface area is 140 Å². The summed E-state index contributed by atoms with van der Waals surface area (Å²) in [4.78, 5) is 8.91. The van der Waals surface area contributed by atoms with E-state index in [0.717, 1.165) is 20.4 Å². The molecular weight excluding hydrogens is 399 g/mol. The maximum absolute atomic E-state index is 9.59. The Morgan fingerprint density at radius 3 is 2.33 bits per heavy atom. The van der Waals surface area contributed by atoms with Gasteiger partial charge in [0.05, 0.1) is 9.26 Å². The third kappa shape index (κ3) is 3.01. The van der Waals surface area contributed by atoms with E-state index in [1.165, 1.54) is 0 Å². The molecule has 3 rings (SSSR count). The van der Waals surface area contributed by atoms with Crippen molar-refractivity contribution in [2.75, 3.05) is 0 Å². The van der Waals surface area contributed by atoms with E-state index >= 15 is 0 Å². The first kappa shape index (κ1) is 14.3. The summed E-state index contributed by atoms with van der Waals surface area (Å²) >= 11 is 8.38. The van der Waals surface area contributed by atoms with Gasteiger partial charge in [-0.25, -0.2) is 9.97 Å². The van der Waals surface area contributed by atoms with Crippen molar-refractivity contribution in [1.82, 2.24) is 9.97 Å². The number of benzene rings is 2. The molecule has 1 N–H and O–H groups in total. The molecule has 0 fully saturated rings. The van der Waals surface area contributed by atoms with Crippen LogP contribution in [0.3, 0.4) is 0 Å². The Bertz CT molecular complexity index is 794. The Hall–Kier alpha value is -1.66. The van der Waals surface area contributed by atoms with E-state index in [1.54, 1.807) is 18.2 Å². The minimum absolute atomic E-state index is 0.173. The molecule has 1 aromatic heterocycles. The summed E-state index contributed by atoms with van der Waals surface area (Å²) < 4.78 is 0.810. The van der Waals surface area contributed by atoms with Crippen LogP contribution < -0.4 is 0 Å². The van der Waals surface area contributed by atoms with Gasteiger partial charge in [0, 0.05) is 11.1 Å². The monoisotopic (exact) mass is 408 g/mol. The molecule has 0 aliphatic carbocycles. The van der Waals surface area contributed by atoms with E-state index in [9.17, 15) is 5.11 Å². The molecule has 0 aliphatic heterocycles. The standard InChI is InChI=1S/C16H10ClIN2O/c17-15-13(18)14(10-5-2-1-3-6-10)19-16(20-15)11-7-4-8-12(21)9-11/h1-9,21H. The highest BCUT2D eigenvalue weighted by Crippen LogP contribution is 2.31. The first-order valence-electron chi connectivity index (χ1n) is 6.23. The molecule has 1 heterocycles. The second-order valence-corrected chi connectivity index (χ2v) is 5.85. The Morgan fingerprint density at radius 1 is 0.905 bits per heavy atom. The molecule has 0 saturated carbocycles. The molecule has 0 atom stereocenters. The van der Waals surface area contributed by atoms with Crippen molar-refractivity contribution >= 4 is 34.2 Å². The van der Waals surface area contributed by atoms with Crippen LogP contribution in [0.15, 0.2) is 54.6 Å². The molecule has 3 aromatic rings. The van der Waals surface area contributed by atoms with E-state index < -0.39 is 0 Å². The molecule has 0 amide bonds. The molecule has 3 nitrogen and oxygen atoms in total. The second-order valence-electron chi connectivity index (χ2n) is 4.42. The Morgan fingerprint density at radius 2 is 1.62 bits per heavy atom. The van der Waals surface area contributed by atoms with Gasteiger partial charge in [-0.3, -0.25) is 0 Å². The second kappa shape index (κ2) is 5.99. The number of phenols is 1. The number of aromatic nitrogens is 2. The van der Waals surface area contributed by atoms with Crippen molar-refractivity contribution in [3.8, 4) is 28.4 Å². The molecule has 0 bridgehead atoms. The summed E-state index contributed by atoms with van der Waals surface area (Å²) in [6.07, 6.45) is 0. The normalized spacial score (nSPS) is 10.6. The fourth-order valence-corrected chi connectivity index (χ4v) is 2.70. The number of phenolic OH excluding ortho intramolecular Hbond substituents is 1. The first-order valence-corrected chi connectivity index (χ1v) is 7.68. The van der Waals surface area contributed by atoms with Crippen LogP contribution in [0.1, 0.15) is 0 Å². The summed E-state index contributed by atoms with van der Waals surface area (Å²) in [7, 11) is 0. The van der Waals surface area contributed by atoms with E-state index in [2.05, 4.69) is 32.6 Å². The highest BCUT2D eigenvalue weighted by Gasteiger charge is 2.13. The van der Waals surface area contributed by atoms with E-state index in [-0.39, 0.29) is 5.75 Å². The van der Waals surface area contributed by atoms with Crippen molar-refractivity contribution in [3.63, 3.8) is 0 Å². The molecule has 5 heteroatoms. The number of hydrogen-bond acceptors (Lipinski definition) is 3. The van der Waals surface area contributed by atoms with Gasteiger partial charge in [0.25, 0.3) is 0 Å². The van der Waals surface area contributed by atoms with Crippen molar-refractivity contribution < 1.29 is 5.11 Å². The highest BCUT2D eigenvalue weighted by molar-refractivity contribution is 14.1. The lowest BCUT2D eigenvalue weighted by molar-refractivity contribution is 0.475. The van der Waals surface area contributed by atoms with Crippen molar-refractivity contribution in [1.29, 1.82) is 0 Å². The van der Waals surface area contributed by atoms with Crippen LogP contribution >= 0.6 is 34.2 Å². The largest absolute Gasteiger partial charge is 0.508 e. The molecule has 0 radical (unpaired) electrons. The lowest BCUT2D eigenvalue weighted by atomic mass is 10.1. The van der Waals surface area contributed by atoms with Gasteiger partial charge in [-0.2, -0.15) is 0 Å². The maximum atomic E-state index is 9.59. The number of aromatic hydroxyl groups is 1. The van der Waals surface area contributed by atoms with Crippen LogP contribution in [0, 0.1) is 3.57 Å². The maximum Gasteiger partial charge on any atom is 0.161 e. The smallest absolute Gasteiger partial charge is 0.161 e. The highest BCUT2D eigenvalue weighted by atomic mass is 127. The lowest BCUT2D eigenvalue weighted by Gasteiger charge is -2.09. The number of rotatable bonds is 2. The van der Waals surface area contributed by atoms with E-state index in [1.807, 2.05) is 36.4 Å². The molecule has 21 heavy (non-hydrogen) atoms. The van der Waals surface area contributed by atoms with Gasteiger partial charge in [0.15, 0.2) is 5.82 Å². The average Bonchev–Trinajstić information content (AvgIpc) is 2.51. The van der Waals surface area contributed by atoms with Crippen LogP contribution in [-0.4, -0.2) is 15.1 Å². The predicted octanol–water partition coefficient (Wildman–Crippen LogP) is 4.77. The fourth-order valence-electron chi connectivity index (χ4n) is 1.98. The minimum Gasteiger partial charge on any atom is -0.508 e. The molecule has 0 aliphatic rings. The average molecular weight is 409 g/mol. The van der Waals surface area contributed by atoms with Crippen LogP contribution in [0.4, 0.5) is 0 Å². The van der Waals surface area contributed by atoms with Gasteiger partial charge in [0.1, 0.15) is 10.9 Å². The van der Waals surface area contributed by atoms with Gasteiger partial charge in [-0.1, -0.05) is 54.1 Å². The topological polar surface area (TPSA) is 46.0 Å². The zero-order valence-corrected chi connectivity index (χ0v) is 13.7. The summed E-state index contributed by atoms with van der Waals surface area (Å²) in [5.41, 5.74) is 2.49. The van der Waals surface area contributed by atoms with Gasteiger partial charge in [-0.05, 0) is 34.7 Å². The quantitative estimate of drug-likeness (QED) is 0.490. The molecule has 0 spiro atoms. The van der Waals surface area contributed by atoms with Crippen LogP contribution in [0.25, 0.3) is 22.6 Å². The summed E-state index contributed by atoms with van der Waals surface area (Å²) in [5.74, 6) is 0.669. The summed E-state index contributed by atoms with van der Waals surface area (Å²) in [6.45, 7) is 0. The van der Waals surface area contributed by atoms with Crippen LogP contribution in [0.5, 0.6) is 5.75 Å². The van der Waals surface area contributed by atoms with E-state index in [0.29, 0.717) is 11.0 Å². The Balaban J connectivity index is 2.19. The fraction of sp³-hybridized carbons (Fsp3) is 0. The lowest BCUT2D eigenvalue weighted by Crippen LogP contribution is -1.97. The van der Waals surface area contributed by atoms with E-state index in [4.69, 9.17) is 11.6 Å². The van der Waals surface area contributed by atoms with Gasteiger partial charge >= 0.3 is 0 Å². The number of halogens is 2. The summed E-state index contributed by atoms with van der Waals surface area (Å²) in [6, 6.07) is 16.6. The van der Waals surface area contributed by atoms with Gasteiger partial charge in [-0.15, -0.1) is 0 Å². The number of hydrogen-bond donors (Lipinski definition) is 1. The van der Waals surface area contributed by atoms with Crippen molar-refractivity contribution in [2.45, 2.75) is 0 Å². The van der Waals surface area contributed by atoms with Crippen molar-refractivity contribution in [3.05, 3.63) is 63.3 Å². The van der Waals surface area contributed by atoms with Gasteiger partial charge in [0.2, 0.25) is 0 Å². The predicted molar refractivity (Wildman–Crippen MR) is 92.3 cm³/mol. The zero-order valence-electron chi connectivity index (χ0n) is 10.8. The zero-order chi connectivity index (χ0) is 14.8. The van der Waals surface area contributed by atoms with Crippen molar-refractivity contribution in [2.24, 2.45) is 0 Å². The van der Waals surface area contributed by atoms with Gasteiger partial charge < -0.3 is 5.11 Å². The Kier molecular flexibility index (Phi) is 4.07. The van der Waals surface area contributed by atoms with Crippen LogP contribution in [-0.2, 0) is 0 Å². The first-order chi connectivity index (χ1) is 10.1. The minimum atomic E-state index is 0.173. The molecule has 2 aromatic carbocycles. The third-order valence-electron chi connectivity index (χ3n) is 2.96. The molecule has 104 valence electrons. The summed E-state index contributed by atoms with van der Waals surface area (Å²) in [5, 5.41) is 10.00. The third-order valence-corrected chi connectivity index (χ3v) is 4.58. The van der Waals surface area contributed by atoms with Crippen LogP contribution in [0.2, 0.25) is 5.15 Å². The molecular formula is C16H10ClIN2O. The number of nitrogens with zero attached hydrogens (tertiary/aromatic N) is 2. The molecule has 0 saturated heterocycles. The SMILES string of the molecule is Oc1cccc(-c2nc(Cl)c(I)c(-c3ccccc3)n2)c1. The molecule has 0 unspecified atom stereocenters.